The second kappa shape index (κ2) is 11.9. The highest BCUT2D eigenvalue weighted by atomic mass is 16.5. The minimum atomic E-state index is -0.473. The summed E-state index contributed by atoms with van der Waals surface area (Å²) in [6.45, 7) is 9.97. The topological polar surface area (TPSA) is 128 Å². The molecule has 0 saturated heterocycles. The number of fused-ring (bicyclic) bond motifs is 2. The molecule has 2 N–H and O–H groups in total. The van der Waals surface area contributed by atoms with E-state index >= 15 is 0 Å². The maximum Gasteiger partial charge on any atom is 0.330 e. The molecule has 6 aromatic rings. The fourth-order valence-electron chi connectivity index (χ4n) is 5.22. The average molecular weight is 603 g/mol. The number of carbonyl (C=O) groups is 1. The van der Waals surface area contributed by atoms with Crippen molar-refractivity contribution in [2.45, 2.75) is 45.4 Å². The van der Waals surface area contributed by atoms with Gasteiger partial charge >= 0.3 is 5.97 Å². The lowest BCUT2D eigenvalue weighted by molar-refractivity contribution is -0.137. The summed E-state index contributed by atoms with van der Waals surface area (Å²) in [5.41, 5.74) is 6.49. The molecule has 0 aliphatic heterocycles. The largest absolute Gasteiger partial charge is 0.505 e. The van der Waals surface area contributed by atoms with Crippen molar-refractivity contribution in [3.63, 3.8) is 0 Å². The molecule has 0 aliphatic rings. The van der Waals surface area contributed by atoms with Gasteiger partial charge in [0.05, 0.1) is 6.61 Å². The van der Waals surface area contributed by atoms with E-state index in [0.29, 0.717) is 57.4 Å². The highest BCUT2D eigenvalue weighted by Crippen LogP contribution is 2.37. The summed E-state index contributed by atoms with van der Waals surface area (Å²) in [4.78, 5) is 14.4. The van der Waals surface area contributed by atoms with Gasteiger partial charge in [0.25, 0.3) is 0 Å². The van der Waals surface area contributed by atoms with Crippen LogP contribution in [0, 0.1) is 0 Å². The fourth-order valence-corrected chi connectivity index (χ4v) is 5.22. The first-order valence-corrected chi connectivity index (χ1v) is 14.8. The summed E-state index contributed by atoms with van der Waals surface area (Å²) in [6.07, 6.45) is 2.47. The second-order valence-corrected chi connectivity index (χ2v) is 12.0. The number of hydrogen-bond donors (Lipinski definition) is 2. The fraction of sp³-hybridized carbons (Fsp3) is 0.229. The third-order valence-electron chi connectivity index (χ3n) is 7.67. The van der Waals surface area contributed by atoms with Gasteiger partial charge in [0, 0.05) is 23.6 Å². The van der Waals surface area contributed by atoms with Crippen LogP contribution in [0.25, 0.3) is 33.4 Å². The number of benzene rings is 4. The number of aryl methyl sites for hydroxylation is 1. The van der Waals surface area contributed by atoms with Crippen LogP contribution in [0.15, 0.2) is 85.5 Å². The molecule has 0 saturated carbocycles. The van der Waals surface area contributed by atoms with Crippen LogP contribution >= 0.6 is 0 Å². The van der Waals surface area contributed by atoms with Gasteiger partial charge in [0.2, 0.25) is 0 Å². The number of esters is 1. The standard InChI is InChI=1S/C35H34N6O4/c1-5-32(42)45-16-10-11-22-17-23(33(43)30(18-22)40-36-26-12-6-7-13-27(26)37-40)19-24-20-25(35(2,3)4)21-31(34(24)44)41-38-28-14-8-9-15-29(28)39-41/h5-9,12-15,17-18,20-21,43-44H,1,10-11,16,19H2,2-4H3. The molecule has 0 amide bonds. The molecule has 0 aliphatic carbocycles. The molecule has 2 heterocycles. The summed E-state index contributed by atoms with van der Waals surface area (Å²) in [5.74, 6) is -0.449. The molecule has 4 aromatic carbocycles. The second-order valence-electron chi connectivity index (χ2n) is 12.0. The Morgan fingerprint density at radius 3 is 1.78 bits per heavy atom. The predicted molar refractivity (Wildman–Crippen MR) is 172 cm³/mol. The first-order valence-electron chi connectivity index (χ1n) is 14.8. The van der Waals surface area contributed by atoms with Crippen LogP contribution in [0.1, 0.15) is 49.4 Å². The van der Waals surface area contributed by atoms with Crippen molar-refractivity contribution >= 4 is 28.0 Å². The third-order valence-corrected chi connectivity index (χ3v) is 7.67. The number of phenolic OH excluding ortho intramolecular Hbond substituents is 2. The number of carbonyl (C=O) groups excluding carboxylic acids is 1. The molecule has 6 rings (SSSR count). The first-order chi connectivity index (χ1) is 21.6. The Bertz CT molecular complexity index is 1990. The number of phenols is 2. The monoisotopic (exact) mass is 602 g/mol. The van der Waals surface area contributed by atoms with Gasteiger partial charge in [-0.2, -0.15) is 0 Å². The van der Waals surface area contributed by atoms with E-state index < -0.39 is 5.97 Å². The van der Waals surface area contributed by atoms with Crippen LogP contribution in [0.4, 0.5) is 0 Å². The summed E-state index contributed by atoms with van der Waals surface area (Å²) in [7, 11) is 0. The quantitative estimate of drug-likeness (QED) is 0.115. The van der Waals surface area contributed by atoms with E-state index in [0.717, 1.165) is 17.2 Å². The number of hydrogen-bond acceptors (Lipinski definition) is 8. The Labute approximate surface area is 260 Å². The minimum Gasteiger partial charge on any atom is -0.505 e. The zero-order valence-corrected chi connectivity index (χ0v) is 25.4. The maximum atomic E-state index is 11.6. The normalized spacial score (nSPS) is 11.7. The van der Waals surface area contributed by atoms with Crippen LogP contribution < -0.4 is 0 Å². The van der Waals surface area contributed by atoms with Gasteiger partial charge in [-0.25, -0.2) is 4.79 Å². The zero-order valence-electron chi connectivity index (χ0n) is 25.4. The van der Waals surface area contributed by atoms with Crippen LogP contribution in [-0.2, 0) is 27.8 Å². The molecule has 228 valence electrons. The van der Waals surface area contributed by atoms with Crippen molar-refractivity contribution in [1.82, 2.24) is 30.0 Å². The Hall–Kier alpha value is -5.51. The number of aromatic nitrogens is 6. The van der Waals surface area contributed by atoms with Gasteiger partial charge in [-0.1, -0.05) is 63.7 Å². The third kappa shape index (κ3) is 6.12. The molecule has 45 heavy (non-hydrogen) atoms. The highest BCUT2D eigenvalue weighted by molar-refractivity contribution is 5.81. The summed E-state index contributed by atoms with van der Waals surface area (Å²) in [6, 6.07) is 22.6. The molecule has 0 radical (unpaired) electrons. The molecule has 0 unspecified atom stereocenters. The lowest BCUT2D eigenvalue weighted by Crippen LogP contribution is -2.14. The van der Waals surface area contributed by atoms with E-state index in [4.69, 9.17) is 4.74 Å². The van der Waals surface area contributed by atoms with E-state index in [1.165, 1.54) is 9.59 Å². The minimum absolute atomic E-state index is 0.00204. The smallest absolute Gasteiger partial charge is 0.330 e. The lowest BCUT2D eigenvalue weighted by Gasteiger charge is -2.22. The van der Waals surface area contributed by atoms with Crippen molar-refractivity contribution in [1.29, 1.82) is 0 Å². The van der Waals surface area contributed by atoms with Gasteiger partial charge in [-0.3, -0.25) is 0 Å². The SMILES string of the molecule is C=CC(=O)OCCCc1cc(Cc2cc(C(C)(C)C)cc(-n3nc4ccccc4n3)c2O)c(O)c(-n2nc3ccccc3n2)c1. The zero-order chi connectivity index (χ0) is 31.7. The van der Waals surface area contributed by atoms with Crippen molar-refractivity contribution in [3.05, 3.63) is 108 Å². The van der Waals surface area contributed by atoms with Crippen LogP contribution in [0.2, 0.25) is 0 Å². The lowest BCUT2D eigenvalue weighted by atomic mass is 9.84. The molecule has 0 atom stereocenters. The Morgan fingerprint density at radius 2 is 1.29 bits per heavy atom. The Kier molecular flexibility index (Phi) is 7.80. The molecule has 0 bridgehead atoms. The molecular weight excluding hydrogens is 568 g/mol. The van der Waals surface area contributed by atoms with Crippen molar-refractivity contribution in [2.24, 2.45) is 0 Å². The van der Waals surface area contributed by atoms with Gasteiger partial charge in [0.1, 0.15) is 44.9 Å². The number of rotatable bonds is 9. The molecular formula is C35H34N6O4. The van der Waals surface area contributed by atoms with E-state index in [1.54, 1.807) is 0 Å². The summed E-state index contributed by atoms with van der Waals surface area (Å²) in [5, 5.41) is 41.7. The highest BCUT2D eigenvalue weighted by Gasteiger charge is 2.23. The predicted octanol–water partition coefficient (Wildman–Crippen LogP) is 6.12. The average Bonchev–Trinajstić information content (AvgIpc) is 3.65. The van der Waals surface area contributed by atoms with Crippen molar-refractivity contribution < 1.29 is 19.7 Å². The van der Waals surface area contributed by atoms with Crippen molar-refractivity contribution in [3.8, 4) is 22.9 Å². The first kappa shape index (κ1) is 29.6. The van der Waals surface area contributed by atoms with E-state index in [2.05, 4.69) is 47.7 Å². The van der Waals surface area contributed by atoms with E-state index in [9.17, 15) is 15.0 Å². The van der Waals surface area contributed by atoms with Crippen LogP contribution in [0.3, 0.4) is 0 Å². The molecule has 10 heteroatoms. The molecule has 0 fully saturated rings. The molecule has 2 aromatic heterocycles. The number of ether oxygens (including phenoxy) is 1. The number of nitrogens with zero attached hydrogens (tertiary/aromatic N) is 6. The maximum absolute atomic E-state index is 11.6. The molecule has 10 nitrogen and oxygen atoms in total. The molecule has 0 spiro atoms. The summed E-state index contributed by atoms with van der Waals surface area (Å²) < 4.78 is 5.17. The van der Waals surface area contributed by atoms with Gasteiger partial charge in [-0.15, -0.1) is 30.0 Å². The van der Waals surface area contributed by atoms with E-state index in [1.807, 2.05) is 72.8 Å². The Morgan fingerprint density at radius 1 is 0.800 bits per heavy atom. The Balaban J connectivity index is 1.44. The van der Waals surface area contributed by atoms with E-state index in [-0.39, 0.29) is 29.9 Å². The number of aromatic hydroxyl groups is 2. The van der Waals surface area contributed by atoms with Crippen molar-refractivity contribution in [2.75, 3.05) is 6.61 Å². The van der Waals surface area contributed by atoms with Crippen LogP contribution in [0.5, 0.6) is 11.5 Å². The van der Waals surface area contributed by atoms with Gasteiger partial charge in [-0.05, 0) is 65.8 Å². The van der Waals surface area contributed by atoms with Gasteiger partial charge < -0.3 is 14.9 Å². The van der Waals surface area contributed by atoms with Gasteiger partial charge in [0.15, 0.2) is 0 Å². The van der Waals surface area contributed by atoms with Crippen LogP contribution in [-0.4, -0.2) is 52.8 Å². The summed E-state index contributed by atoms with van der Waals surface area (Å²) >= 11 is 0.